The Morgan fingerprint density at radius 1 is 1.61 bits per heavy atom. The second-order valence-electron chi connectivity index (χ2n) is 5.08. The van der Waals surface area contributed by atoms with E-state index in [1.807, 2.05) is 19.0 Å². The molecule has 1 unspecified atom stereocenters. The van der Waals surface area contributed by atoms with Crippen LogP contribution in [0.3, 0.4) is 0 Å². The smallest absolute Gasteiger partial charge is 0.267 e. The van der Waals surface area contributed by atoms with Crippen molar-refractivity contribution < 1.29 is 9.90 Å². The number of nitrogens with two attached hydrogens (primary N) is 1. The van der Waals surface area contributed by atoms with Crippen molar-refractivity contribution in [2.45, 2.75) is 18.9 Å². The third kappa shape index (κ3) is 2.41. The van der Waals surface area contributed by atoms with Gasteiger partial charge < -0.3 is 20.6 Å². The molecule has 0 radical (unpaired) electrons. The Bertz CT molecular complexity index is 470. The van der Waals surface area contributed by atoms with Gasteiger partial charge in [0.15, 0.2) is 5.13 Å². The molecule has 1 saturated heterocycles. The summed E-state index contributed by atoms with van der Waals surface area (Å²) in [4.78, 5) is 20.3. The summed E-state index contributed by atoms with van der Waals surface area (Å²) in [6.07, 6.45) is 0.595. The van der Waals surface area contributed by atoms with Gasteiger partial charge in [-0.2, -0.15) is 0 Å². The molecule has 1 amide bonds. The van der Waals surface area contributed by atoms with Gasteiger partial charge in [-0.1, -0.05) is 11.3 Å². The molecule has 0 aliphatic carbocycles. The quantitative estimate of drug-likeness (QED) is 0.812. The predicted molar refractivity (Wildman–Crippen MR) is 72.0 cm³/mol. The zero-order valence-electron chi connectivity index (χ0n) is 10.8. The number of rotatable bonds is 2. The summed E-state index contributed by atoms with van der Waals surface area (Å²) in [5, 5.41) is 10.6. The number of anilines is 2. The van der Waals surface area contributed by atoms with Gasteiger partial charge in [0.05, 0.1) is 5.60 Å². The van der Waals surface area contributed by atoms with Crippen molar-refractivity contribution in [3.8, 4) is 0 Å². The highest BCUT2D eigenvalue weighted by atomic mass is 32.1. The van der Waals surface area contributed by atoms with E-state index >= 15 is 0 Å². The molecule has 0 spiro atoms. The van der Waals surface area contributed by atoms with Crippen LogP contribution in [0.15, 0.2) is 0 Å². The zero-order chi connectivity index (χ0) is 13.5. The van der Waals surface area contributed by atoms with Crippen molar-refractivity contribution in [1.82, 2.24) is 9.88 Å². The highest BCUT2D eigenvalue weighted by Gasteiger charge is 2.35. The third-order valence-electron chi connectivity index (χ3n) is 2.96. The number of amides is 1. The topological polar surface area (TPSA) is 82.7 Å². The number of carbonyl (C=O) groups is 1. The van der Waals surface area contributed by atoms with Gasteiger partial charge in [0.1, 0.15) is 10.7 Å². The third-order valence-corrected chi connectivity index (χ3v) is 4.18. The Labute approximate surface area is 110 Å². The maximum Gasteiger partial charge on any atom is 0.267 e. The van der Waals surface area contributed by atoms with E-state index in [0.29, 0.717) is 29.5 Å². The molecule has 1 atom stereocenters. The van der Waals surface area contributed by atoms with Crippen LogP contribution < -0.4 is 10.6 Å². The lowest BCUT2D eigenvalue weighted by Gasteiger charge is -2.18. The van der Waals surface area contributed by atoms with E-state index in [9.17, 15) is 9.90 Å². The number of nitrogens with zero attached hydrogens (tertiary/aromatic N) is 3. The van der Waals surface area contributed by atoms with Crippen molar-refractivity contribution in [1.29, 1.82) is 0 Å². The molecule has 0 bridgehead atoms. The zero-order valence-corrected chi connectivity index (χ0v) is 11.6. The van der Waals surface area contributed by atoms with E-state index < -0.39 is 5.60 Å². The molecule has 1 aliphatic heterocycles. The minimum absolute atomic E-state index is 0.143. The van der Waals surface area contributed by atoms with Crippen LogP contribution >= 0.6 is 11.3 Å². The Morgan fingerprint density at radius 3 is 2.72 bits per heavy atom. The Morgan fingerprint density at radius 2 is 2.28 bits per heavy atom. The molecule has 18 heavy (non-hydrogen) atoms. The van der Waals surface area contributed by atoms with E-state index in [1.165, 1.54) is 11.3 Å². The fraction of sp³-hybridized carbons (Fsp3) is 0.636. The molecule has 3 N–H and O–H groups in total. The number of β-amino-alcohol motifs (C(OH)–C–C–N with tert-alkyl or cyclic N) is 1. The van der Waals surface area contributed by atoms with Crippen LogP contribution in [-0.2, 0) is 0 Å². The number of carbonyl (C=O) groups excluding carboxylic acids is 1. The van der Waals surface area contributed by atoms with Crippen LogP contribution in [0.2, 0.25) is 0 Å². The average Bonchev–Trinajstić information content (AvgIpc) is 2.81. The van der Waals surface area contributed by atoms with Crippen molar-refractivity contribution in [2.75, 3.05) is 37.8 Å². The van der Waals surface area contributed by atoms with Gasteiger partial charge in [0.25, 0.3) is 5.91 Å². The lowest BCUT2D eigenvalue weighted by atomic mass is 10.1. The van der Waals surface area contributed by atoms with E-state index in [1.54, 1.807) is 11.8 Å². The van der Waals surface area contributed by atoms with Crippen molar-refractivity contribution in [2.24, 2.45) is 0 Å². The molecule has 1 aliphatic rings. The number of aromatic nitrogens is 1. The van der Waals surface area contributed by atoms with Gasteiger partial charge in [-0.15, -0.1) is 0 Å². The molecule has 7 heteroatoms. The second kappa shape index (κ2) is 4.40. The normalized spacial score (nSPS) is 23.4. The maximum absolute atomic E-state index is 12.3. The van der Waals surface area contributed by atoms with Crippen LogP contribution in [-0.4, -0.2) is 53.7 Å². The summed E-state index contributed by atoms with van der Waals surface area (Å²) in [6.45, 7) is 2.64. The monoisotopic (exact) mass is 270 g/mol. The van der Waals surface area contributed by atoms with E-state index in [-0.39, 0.29) is 11.7 Å². The van der Waals surface area contributed by atoms with E-state index in [4.69, 9.17) is 5.73 Å². The SMILES string of the molecule is CN(C)c1nc(N)c(C(=O)N2CCC(C)(O)C2)s1. The Hall–Kier alpha value is -1.34. The fourth-order valence-electron chi connectivity index (χ4n) is 1.93. The molecule has 100 valence electrons. The van der Waals surface area contributed by atoms with Crippen molar-refractivity contribution in [3.05, 3.63) is 4.88 Å². The summed E-state index contributed by atoms with van der Waals surface area (Å²) in [6, 6.07) is 0. The Kier molecular flexibility index (Phi) is 3.20. The molecule has 0 aromatic carbocycles. The van der Waals surface area contributed by atoms with Crippen molar-refractivity contribution in [3.63, 3.8) is 0 Å². The molecule has 6 nitrogen and oxygen atoms in total. The molecule has 0 saturated carbocycles. The first-order valence-electron chi connectivity index (χ1n) is 5.75. The second-order valence-corrected chi connectivity index (χ2v) is 6.06. The Balaban J connectivity index is 2.19. The van der Waals surface area contributed by atoms with E-state index in [0.717, 1.165) is 0 Å². The molecular formula is C11H18N4O2S. The van der Waals surface area contributed by atoms with Crippen LogP contribution in [0.25, 0.3) is 0 Å². The molecule has 2 rings (SSSR count). The predicted octanol–water partition coefficient (Wildman–Crippen LogP) is 0.388. The van der Waals surface area contributed by atoms with Gasteiger partial charge in [-0.25, -0.2) is 4.98 Å². The summed E-state index contributed by atoms with van der Waals surface area (Å²) in [5.74, 6) is 0.121. The summed E-state index contributed by atoms with van der Waals surface area (Å²) in [7, 11) is 3.71. The number of hydrogen-bond donors (Lipinski definition) is 2. The fourth-order valence-corrected chi connectivity index (χ4v) is 2.80. The van der Waals surface area contributed by atoms with Crippen LogP contribution in [0.5, 0.6) is 0 Å². The highest BCUT2D eigenvalue weighted by Crippen LogP contribution is 2.30. The molecule has 2 heterocycles. The lowest BCUT2D eigenvalue weighted by molar-refractivity contribution is 0.0575. The summed E-state index contributed by atoms with van der Waals surface area (Å²) < 4.78 is 0. The molecular weight excluding hydrogens is 252 g/mol. The number of aliphatic hydroxyl groups is 1. The minimum atomic E-state index is -0.792. The van der Waals surface area contributed by atoms with Crippen LogP contribution in [0.1, 0.15) is 23.0 Å². The largest absolute Gasteiger partial charge is 0.388 e. The summed E-state index contributed by atoms with van der Waals surface area (Å²) in [5.41, 5.74) is 4.99. The number of hydrogen-bond acceptors (Lipinski definition) is 6. The van der Waals surface area contributed by atoms with Gasteiger partial charge in [0.2, 0.25) is 0 Å². The van der Waals surface area contributed by atoms with E-state index in [2.05, 4.69) is 4.98 Å². The number of thiazole rings is 1. The molecule has 1 aromatic rings. The number of nitrogen functional groups attached to an aromatic ring is 1. The van der Waals surface area contributed by atoms with Crippen LogP contribution in [0, 0.1) is 0 Å². The van der Waals surface area contributed by atoms with Crippen LogP contribution in [0.4, 0.5) is 10.9 Å². The minimum Gasteiger partial charge on any atom is -0.388 e. The highest BCUT2D eigenvalue weighted by molar-refractivity contribution is 7.18. The summed E-state index contributed by atoms with van der Waals surface area (Å²) >= 11 is 1.28. The first kappa shape index (κ1) is 13.1. The average molecular weight is 270 g/mol. The standard InChI is InChI=1S/C11H18N4O2S/c1-11(17)4-5-15(6-11)9(16)7-8(12)13-10(18-7)14(2)3/h17H,4-6,12H2,1-3H3. The first-order valence-corrected chi connectivity index (χ1v) is 6.57. The van der Waals surface area contributed by atoms with Gasteiger partial charge >= 0.3 is 0 Å². The first-order chi connectivity index (χ1) is 8.30. The number of likely N-dealkylation sites (tertiary alicyclic amines) is 1. The maximum atomic E-state index is 12.3. The van der Waals surface area contributed by atoms with Gasteiger partial charge in [0, 0.05) is 27.2 Å². The van der Waals surface area contributed by atoms with Gasteiger partial charge in [-0.05, 0) is 13.3 Å². The van der Waals surface area contributed by atoms with Crippen molar-refractivity contribution >= 4 is 28.2 Å². The lowest BCUT2D eigenvalue weighted by Crippen LogP contribution is -2.33. The molecule has 1 fully saturated rings. The van der Waals surface area contributed by atoms with Gasteiger partial charge in [-0.3, -0.25) is 4.79 Å². The molecule has 1 aromatic heterocycles.